The van der Waals surface area contributed by atoms with Gasteiger partial charge >= 0.3 is 0 Å². The van der Waals surface area contributed by atoms with E-state index in [0.717, 1.165) is 18.2 Å². The maximum atomic E-state index is 13.5. The van der Waals surface area contributed by atoms with Gasteiger partial charge in [0.1, 0.15) is 18.2 Å². The molecule has 1 aliphatic heterocycles. The van der Waals surface area contributed by atoms with E-state index in [1.54, 1.807) is 6.07 Å². The van der Waals surface area contributed by atoms with Crippen LogP contribution in [-0.2, 0) is 28.8 Å². The molecule has 0 bridgehead atoms. The second-order valence-corrected chi connectivity index (χ2v) is 8.89. The van der Waals surface area contributed by atoms with Crippen molar-refractivity contribution >= 4 is 25.4 Å². The molecule has 3 rings (SSSR count). The predicted octanol–water partition coefficient (Wildman–Crippen LogP) is -0.742. The van der Waals surface area contributed by atoms with Gasteiger partial charge in [0, 0.05) is 43.4 Å². The third kappa shape index (κ3) is 5.35. The molecule has 13 nitrogen and oxygen atoms in total. The SMILES string of the molecule is [B]C(O)(O)C1(C(O)(O)[N-]C(C)N(C[CH2-])C(=O)C(C)(C#N)CF)CN(c2cc(C#N)ccn2)c2ncn[c-]c21.[V]. The molecule has 203 valence electrons. The summed E-state index contributed by atoms with van der Waals surface area (Å²) in [7, 11) is 5.70. The molecule has 2 aromatic rings. The van der Waals surface area contributed by atoms with Crippen LogP contribution in [0.2, 0.25) is 0 Å². The molecule has 39 heavy (non-hydrogen) atoms. The van der Waals surface area contributed by atoms with Gasteiger partial charge in [0.25, 0.3) is 0 Å². The summed E-state index contributed by atoms with van der Waals surface area (Å²) < 4.78 is 13.5. The Bertz CT molecular complexity index is 1300. The molecule has 0 aliphatic carbocycles. The minimum atomic E-state index is -3.48. The Kier molecular flexibility index (Phi) is 9.49. The number of fused-ring (bicyclic) bond motifs is 1. The maximum Gasteiger partial charge on any atom is 0.241 e. The Morgan fingerprint density at radius 1 is 1.41 bits per heavy atom. The third-order valence-corrected chi connectivity index (χ3v) is 6.37. The zero-order valence-electron chi connectivity index (χ0n) is 20.9. The van der Waals surface area contributed by atoms with Crippen LogP contribution in [0.1, 0.15) is 25.0 Å². The Morgan fingerprint density at radius 2 is 2.08 bits per heavy atom. The van der Waals surface area contributed by atoms with Crippen molar-refractivity contribution in [3.63, 3.8) is 0 Å². The third-order valence-electron chi connectivity index (χ3n) is 6.37. The van der Waals surface area contributed by atoms with E-state index in [9.17, 15) is 40.1 Å². The Labute approximate surface area is 237 Å². The number of halogens is 1. The van der Waals surface area contributed by atoms with Crippen LogP contribution < -0.4 is 4.90 Å². The number of amides is 1. The summed E-state index contributed by atoms with van der Waals surface area (Å²) in [6.45, 7) is 3.43. The molecule has 1 amide bonds. The molecule has 0 saturated carbocycles. The van der Waals surface area contributed by atoms with E-state index in [1.807, 2.05) is 6.07 Å². The Hall–Kier alpha value is -3.14. The molecule has 0 saturated heterocycles. The van der Waals surface area contributed by atoms with Gasteiger partial charge in [0.2, 0.25) is 5.91 Å². The number of rotatable bonds is 9. The minimum absolute atomic E-state index is 0. The van der Waals surface area contributed by atoms with Crippen molar-refractivity contribution in [3.8, 4) is 12.1 Å². The van der Waals surface area contributed by atoms with Crippen LogP contribution in [0.25, 0.3) is 5.32 Å². The fraction of sp³-hybridized carbons (Fsp3) is 0.435. The van der Waals surface area contributed by atoms with Crippen molar-refractivity contribution in [2.24, 2.45) is 5.41 Å². The largest absolute Gasteiger partial charge is 0.590 e. The first-order valence-electron chi connectivity index (χ1n) is 11.1. The van der Waals surface area contributed by atoms with Crippen LogP contribution in [0.4, 0.5) is 16.0 Å². The number of aliphatic hydroxyl groups is 4. The predicted molar refractivity (Wildman–Crippen MR) is 128 cm³/mol. The number of carbonyl (C=O) groups is 1. The van der Waals surface area contributed by atoms with Crippen LogP contribution in [0.3, 0.4) is 0 Å². The molecule has 3 radical (unpaired) electrons. The van der Waals surface area contributed by atoms with Crippen LogP contribution in [0, 0.1) is 41.2 Å². The van der Waals surface area contributed by atoms with E-state index < -0.39 is 47.7 Å². The van der Waals surface area contributed by atoms with Gasteiger partial charge in [-0.25, -0.2) is 9.37 Å². The van der Waals surface area contributed by atoms with Crippen molar-refractivity contribution in [1.29, 1.82) is 10.5 Å². The summed E-state index contributed by atoms with van der Waals surface area (Å²) in [5.74, 6) is -4.55. The topological polar surface area (TPSA) is 205 Å². The summed E-state index contributed by atoms with van der Waals surface area (Å²) >= 11 is 0. The number of carbonyl (C=O) groups excluding carboxylic acids is 1. The average molecular weight is 572 g/mol. The average Bonchev–Trinajstić information content (AvgIpc) is 3.26. The fourth-order valence-corrected chi connectivity index (χ4v) is 4.17. The fourth-order valence-electron chi connectivity index (χ4n) is 4.17. The van der Waals surface area contributed by atoms with Gasteiger partial charge < -0.3 is 52.4 Å². The normalized spacial score (nSPS) is 19.1. The number of nitriles is 2. The quantitative estimate of drug-likeness (QED) is 0.167. The molecular formula is C23H23BFN8O5V-3. The molecule has 0 aromatic carbocycles. The number of aromatic nitrogens is 3. The van der Waals surface area contributed by atoms with Crippen LogP contribution in [0.5, 0.6) is 0 Å². The summed E-state index contributed by atoms with van der Waals surface area (Å²) in [5, 5.41) is 66.6. The van der Waals surface area contributed by atoms with Gasteiger partial charge in [0.05, 0.1) is 29.0 Å². The Morgan fingerprint density at radius 3 is 2.62 bits per heavy atom. The van der Waals surface area contributed by atoms with E-state index in [0.29, 0.717) is 0 Å². The minimum Gasteiger partial charge on any atom is -0.590 e. The van der Waals surface area contributed by atoms with E-state index in [2.05, 4.69) is 33.4 Å². The van der Waals surface area contributed by atoms with Crippen LogP contribution in [0.15, 0.2) is 24.7 Å². The van der Waals surface area contributed by atoms with Gasteiger partial charge in [-0.1, -0.05) is 24.8 Å². The second kappa shape index (κ2) is 11.5. The molecule has 3 heterocycles. The smallest absolute Gasteiger partial charge is 0.241 e. The maximum absolute atomic E-state index is 13.5. The number of pyridine rings is 1. The van der Waals surface area contributed by atoms with Crippen molar-refractivity contribution in [1.82, 2.24) is 19.9 Å². The standard InChI is InChI=1S/C23H23BFN8O5.V/c1-4-32(19(34)20(3,10-25)11-27)14(2)31-23(37,38)21(22(24,35)36)12-33(18-16(21)9-28-13-30-18)17-7-15(8-26)5-6-29-17;/h5-7,13-14,35-38H,1,4,10,12H2,2-3H3;/q-3;. The van der Waals surface area contributed by atoms with E-state index in [4.69, 9.17) is 7.85 Å². The zero-order chi connectivity index (χ0) is 28.5. The van der Waals surface area contributed by atoms with Gasteiger partial charge in [0.15, 0.2) is 13.3 Å². The Balaban J connectivity index is 0.00000533. The first kappa shape index (κ1) is 32.1. The summed E-state index contributed by atoms with van der Waals surface area (Å²) in [6, 6.07) is 6.27. The zero-order valence-corrected chi connectivity index (χ0v) is 22.3. The molecule has 0 fully saturated rings. The van der Waals surface area contributed by atoms with Crippen molar-refractivity contribution in [2.45, 2.75) is 37.0 Å². The number of anilines is 2. The van der Waals surface area contributed by atoms with E-state index >= 15 is 0 Å². The monoisotopic (exact) mass is 572 g/mol. The van der Waals surface area contributed by atoms with Crippen molar-refractivity contribution < 1.29 is 48.2 Å². The number of alkyl halides is 1. The summed E-state index contributed by atoms with van der Waals surface area (Å²) in [5.41, 5.74) is -8.44. The summed E-state index contributed by atoms with van der Waals surface area (Å²) in [4.78, 5) is 26.9. The molecule has 16 heteroatoms. The summed E-state index contributed by atoms with van der Waals surface area (Å²) in [6.07, 6.45) is 3.32. The van der Waals surface area contributed by atoms with E-state index in [-0.39, 0.29) is 47.9 Å². The molecule has 4 N–H and O–H groups in total. The van der Waals surface area contributed by atoms with Gasteiger partial charge in [-0.15, -0.1) is 6.54 Å². The molecule has 0 spiro atoms. The molecule has 1 aliphatic rings. The van der Waals surface area contributed by atoms with Gasteiger partial charge in [-0.05, 0) is 19.1 Å². The van der Waals surface area contributed by atoms with Crippen molar-refractivity contribution in [3.05, 3.63) is 54.2 Å². The molecule has 2 aromatic heterocycles. The van der Waals surface area contributed by atoms with Gasteiger partial charge in [-0.2, -0.15) is 10.5 Å². The van der Waals surface area contributed by atoms with Crippen LogP contribution >= 0.6 is 0 Å². The first-order valence-corrected chi connectivity index (χ1v) is 11.1. The number of hydrogen-bond acceptors (Lipinski definition) is 11. The second-order valence-electron chi connectivity index (χ2n) is 8.89. The molecule has 3 atom stereocenters. The van der Waals surface area contributed by atoms with Gasteiger partial charge in [-0.3, -0.25) is 4.79 Å². The molecule has 3 unspecified atom stereocenters. The number of nitrogens with zero attached hydrogens (tertiary/aromatic N) is 8. The van der Waals surface area contributed by atoms with Crippen molar-refractivity contribution in [2.75, 3.05) is 24.7 Å². The van der Waals surface area contributed by atoms with E-state index in [1.165, 1.54) is 30.2 Å². The number of hydrogen-bond donors (Lipinski definition) is 4. The van der Waals surface area contributed by atoms with Crippen LogP contribution in [-0.4, -0.2) is 91.6 Å². The first-order chi connectivity index (χ1) is 17.7. The molecular weight excluding hydrogens is 549 g/mol.